The molecule has 0 spiro atoms. The number of hydrogen-bond donors (Lipinski definition) is 1. The summed E-state index contributed by atoms with van der Waals surface area (Å²) >= 11 is 0. The lowest BCUT2D eigenvalue weighted by atomic mass is 10.2. The summed E-state index contributed by atoms with van der Waals surface area (Å²) in [6.45, 7) is 2.88. The number of benzene rings is 1. The molecule has 3 nitrogen and oxygen atoms in total. The lowest BCUT2D eigenvalue weighted by Gasteiger charge is -2.08. The topological polar surface area (TPSA) is 38.3 Å². The van der Waals surface area contributed by atoms with Crippen molar-refractivity contribution in [2.75, 3.05) is 13.2 Å². The first-order chi connectivity index (χ1) is 7.75. The summed E-state index contributed by atoms with van der Waals surface area (Å²) in [4.78, 5) is 11.4. The van der Waals surface area contributed by atoms with Crippen LogP contribution in [-0.2, 0) is 4.79 Å². The van der Waals surface area contributed by atoms with Gasteiger partial charge < -0.3 is 10.1 Å². The zero-order valence-electron chi connectivity index (χ0n) is 9.53. The molecule has 1 aliphatic rings. The van der Waals surface area contributed by atoms with Gasteiger partial charge in [0.1, 0.15) is 5.75 Å². The molecule has 0 radical (unpaired) electrons. The smallest absolute Gasteiger partial charge is 0.257 e. The minimum absolute atomic E-state index is 0.0323. The third-order valence-corrected chi connectivity index (χ3v) is 2.74. The number of ether oxygens (including phenoxy) is 1. The number of para-hydroxylation sites is 1. The highest BCUT2D eigenvalue weighted by atomic mass is 16.5. The summed E-state index contributed by atoms with van der Waals surface area (Å²) in [5.41, 5.74) is 1.05. The Balaban J connectivity index is 1.73. The third-order valence-electron chi connectivity index (χ3n) is 2.74. The summed E-state index contributed by atoms with van der Waals surface area (Å²) in [6.07, 6.45) is 2.50. The van der Waals surface area contributed by atoms with Gasteiger partial charge in [0, 0.05) is 6.54 Å². The second-order valence-corrected chi connectivity index (χ2v) is 4.30. The molecule has 1 aliphatic carbocycles. The van der Waals surface area contributed by atoms with Gasteiger partial charge in [-0.25, -0.2) is 0 Å². The Kier molecular flexibility index (Phi) is 3.44. The molecular formula is C13H17NO2. The van der Waals surface area contributed by atoms with Gasteiger partial charge in [-0.1, -0.05) is 18.2 Å². The highest BCUT2D eigenvalue weighted by Gasteiger charge is 2.21. The molecule has 1 saturated carbocycles. The Bertz CT molecular complexity index is 372. The Labute approximate surface area is 95.8 Å². The fourth-order valence-electron chi connectivity index (χ4n) is 1.49. The molecule has 0 saturated heterocycles. The van der Waals surface area contributed by atoms with Gasteiger partial charge in [-0.2, -0.15) is 0 Å². The molecule has 2 rings (SSSR count). The van der Waals surface area contributed by atoms with Crippen LogP contribution in [0.15, 0.2) is 24.3 Å². The van der Waals surface area contributed by atoms with Crippen molar-refractivity contribution in [2.45, 2.75) is 19.8 Å². The number of carbonyl (C=O) groups excluding carboxylic acids is 1. The molecule has 86 valence electrons. The second-order valence-electron chi connectivity index (χ2n) is 4.30. The van der Waals surface area contributed by atoms with Crippen molar-refractivity contribution in [2.24, 2.45) is 5.92 Å². The maximum atomic E-state index is 11.4. The number of nitrogens with one attached hydrogen (secondary N) is 1. The first-order valence-electron chi connectivity index (χ1n) is 5.71. The van der Waals surface area contributed by atoms with E-state index in [2.05, 4.69) is 5.32 Å². The van der Waals surface area contributed by atoms with E-state index in [-0.39, 0.29) is 12.5 Å². The van der Waals surface area contributed by atoms with Crippen LogP contribution in [0.25, 0.3) is 0 Å². The van der Waals surface area contributed by atoms with Gasteiger partial charge in [-0.05, 0) is 37.3 Å². The third kappa shape index (κ3) is 3.26. The van der Waals surface area contributed by atoms with Crippen molar-refractivity contribution in [3.63, 3.8) is 0 Å². The summed E-state index contributed by atoms with van der Waals surface area (Å²) in [7, 11) is 0. The van der Waals surface area contributed by atoms with E-state index in [4.69, 9.17) is 4.74 Å². The molecule has 3 heteroatoms. The van der Waals surface area contributed by atoms with E-state index in [9.17, 15) is 4.79 Å². The SMILES string of the molecule is Cc1ccccc1OCC(=O)NCC1CC1. The molecule has 1 fully saturated rings. The monoisotopic (exact) mass is 219 g/mol. The van der Waals surface area contributed by atoms with Crippen LogP contribution in [0.1, 0.15) is 18.4 Å². The van der Waals surface area contributed by atoms with E-state index < -0.39 is 0 Å². The molecule has 0 aromatic heterocycles. The highest BCUT2D eigenvalue weighted by Crippen LogP contribution is 2.27. The first-order valence-corrected chi connectivity index (χ1v) is 5.71. The molecule has 0 atom stereocenters. The van der Waals surface area contributed by atoms with Crippen molar-refractivity contribution in [1.82, 2.24) is 5.32 Å². The summed E-state index contributed by atoms with van der Waals surface area (Å²) in [5.74, 6) is 1.46. The van der Waals surface area contributed by atoms with Crippen LogP contribution in [0.2, 0.25) is 0 Å². The molecular weight excluding hydrogens is 202 g/mol. The Hall–Kier alpha value is -1.51. The van der Waals surface area contributed by atoms with Gasteiger partial charge >= 0.3 is 0 Å². The largest absolute Gasteiger partial charge is 0.484 e. The fourth-order valence-corrected chi connectivity index (χ4v) is 1.49. The standard InChI is InChI=1S/C13H17NO2/c1-10-4-2-3-5-12(10)16-9-13(15)14-8-11-6-7-11/h2-5,11H,6-9H2,1H3,(H,14,15). The maximum absolute atomic E-state index is 11.4. The van der Waals surface area contributed by atoms with E-state index in [1.54, 1.807) is 0 Å². The normalized spacial score (nSPS) is 14.6. The molecule has 1 aromatic carbocycles. The summed E-state index contributed by atoms with van der Waals surface area (Å²) in [5, 5.41) is 2.87. The Morgan fingerprint density at radius 2 is 2.19 bits per heavy atom. The van der Waals surface area contributed by atoms with Crippen molar-refractivity contribution in [3.8, 4) is 5.75 Å². The van der Waals surface area contributed by atoms with Crippen LogP contribution in [-0.4, -0.2) is 19.1 Å². The summed E-state index contributed by atoms with van der Waals surface area (Å²) < 4.78 is 5.44. The zero-order valence-corrected chi connectivity index (χ0v) is 9.53. The van der Waals surface area contributed by atoms with E-state index in [1.165, 1.54) is 12.8 Å². The summed E-state index contributed by atoms with van der Waals surface area (Å²) in [6, 6.07) is 7.71. The lowest BCUT2D eigenvalue weighted by molar-refractivity contribution is -0.123. The molecule has 1 aromatic rings. The fraction of sp³-hybridized carbons (Fsp3) is 0.462. The van der Waals surface area contributed by atoms with Crippen LogP contribution in [0.5, 0.6) is 5.75 Å². The lowest BCUT2D eigenvalue weighted by Crippen LogP contribution is -2.30. The molecule has 0 bridgehead atoms. The minimum atomic E-state index is -0.0323. The molecule has 16 heavy (non-hydrogen) atoms. The van der Waals surface area contributed by atoms with Crippen LogP contribution >= 0.6 is 0 Å². The van der Waals surface area contributed by atoms with E-state index in [0.29, 0.717) is 5.92 Å². The van der Waals surface area contributed by atoms with Crippen LogP contribution in [0.3, 0.4) is 0 Å². The maximum Gasteiger partial charge on any atom is 0.257 e. The van der Waals surface area contributed by atoms with Crippen molar-refractivity contribution >= 4 is 5.91 Å². The van der Waals surface area contributed by atoms with Crippen LogP contribution < -0.4 is 10.1 Å². The first kappa shape index (κ1) is 11.0. The number of aryl methyl sites for hydroxylation is 1. The average Bonchev–Trinajstić information content (AvgIpc) is 3.09. The Morgan fingerprint density at radius 3 is 2.88 bits per heavy atom. The predicted octanol–water partition coefficient (Wildman–Crippen LogP) is 1.90. The van der Waals surface area contributed by atoms with Gasteiger partial charge in [0.2, 0.25) is 0 Å². The van der Waals surface area contributed by atoms with Gasteiger partial charge in [0.05, 0.1) is 0 Å². The Morgan fingerprint density at radius 1 is 1.44 bits per heavy atom. The van der Waals surface area contributed by atoms with Gasteiger partial charge in [0.25, 0.3) is 5.91 Å². The minimum Gasteiger partial charge on any atom is -0.484 e. The number of hydrogen-bond acceptors (Lipinski definition) is 2. The van der Waals surface area contributed by atoms with E-state index in [0.717, 1.165) is 17.9 Å². The van der Waals surface area contributed by atoms with Gasteiger partial charge in [-0.15, -0.1) is 0 Å². The molecule has 0 aliphatic heterocycles. The number of amides is 1. The van der Waals surface area contributed by atoms with E-state index in [1.807, 2.05) is 31.2 Å². The van der Waals surface area contributed by atoms with Crippen molar-refractivity contribution < 1.29 is 9.53 Å². The molecule has 1 N–H and O–H groups in total. The average molecular weight is 219 g/mol. The van der Waals surface area contributed by atoms with Crippen LogP contribution in [0.4, 0.5) is 0 Å². The second kappa shape index (κ2) is 5.01. The molecule has 0 heterocycles. The quantitative estimate of drug-likeness (QED) is 0.821. The van der Waals surface area contributed by atoms with Crippen LogP contribution in [0, 0.1) is 12.8 Å². The number of carbonyl (C=O) groups is 1. The zero-order chi connectivity index (χ0) is 11.4. The van der Waals surface area contributed by atoms with Gasteiger partial charge in [0.15, 0.2) is 6.61 Å². The molecule has 1 amide bonds. The number of rotatable bonds is 5. The highest BCUT2D eigenvalue weighted by molar-refractivity contribution is 5.77. The van der Waals surface area contributed by atoms with E-state index >= 15 is 0 Å². The molecule has 0 unspecified atom stereocenters. The van der Waals surface area contributed by atoms with Gasteiger partial charge in [-0.3, -0.25) is 4.79 Å². The predicted molar refractivity (Wildman–Crippen MR) is 62.4 cm³/mol. The van der Waals surface area contributed by atoms with Crippen molar-refractivity contribution in [1.29, 1.82) is 0 Å². The van der Waals surface area contributed by atoms with Crippen molar-refractivity contribution in [3.05, 3.63) is 29.8 Å².